The highest BCUT2D eigenvalue weighted by Gasteiger charge is 1.81. The van der Waals surface area contributed by atoms with Gasteiger partial charge in [-0.25, -0.2) is 0 Å². The Hall–Kier alpha value is -0.515. The van der Waals surface area contributed by atoms with Crippen LogP contribution in [0.5, 0.6) is 0 Å². The fraction of sp³-hybridized carbons (Fsp3) is 0.500. The molecule has 4 N–H and O–H groups in total. The van der Waals surface area contributed by atoms with Crippen LogP contribution in [0, 0.1) is 0 Å². The quantitative estimate of drug-likeness (QED) is 0.290. The summed E-state index contributed by atoms with van der Waals surface area (Å²) in [5.74, 6) is 0. The van der Waals surface area contributed by atoms with E-state index in [0.717, 1.165) is 13.2 Å². The number of rotatable bonds is 0. The highest BCUT2D eigenvalue weighted by atomic mass is 16.4. The second kappa shape index (κ2) is 7.48. The van der Waals surface area contributed by atoms with E-state index in [1.54, 1.807) is 0 Å². The number of hydrogen-bond donors (Lipinski definition) is 4. The van der Waals surface area contributed by atoms with Crippen LogP contribution < -0.4 is 10.6 Å². The molecule has 0 saturated carbocycles. The molecule has 0 aromatic heterocycles. The van der Waals surface area contributed by atoms with E-state index in [2.05, 4.69) is 10.6 Å². The van der Waals surface area contributed by atoms with Crippen LogP contribution >= 0.6 is 0 Å². The molecule has 1 aliphatic rings. The Morgan fingerprint density at radius 2 is 2.11 bits per heavy atom. The van der Waals surface area contributed by atoms with Crippen molar-refractivity contribution < 1.29 is 10.0 Å². The molecule has 0 aromatic carbocycles. The van der Waals surface area contributed by atoms with Crippen LogP contribution in [0.1, 0.15) is 0 Å². The molecule has 9 heavy (non-hydrogen) atoms. The molecule has 0 aromatic rings. The molecule has 4 nitrogen and oxygen atoms in total. The molecule has 0 fully saturated rings. The molecule has 0 atom stereocenters. The fourth-order valence-corrected chi connectivity index (χ4v) is 0.429. The zero-order valence-electron chi connectivity index (χ0n) is 5.04. The van der Waals surface area contributed by atoms with E-state index in [9.17, 15) is 0 Å². The van der Waals surface area contributed by atoms with Crippen molar-refractivity contribution in [2.24, 2.45) is 0 Å². The maximum absolute atomic E-state index is 7.00. The lowest BCUT2D eigenvalue weighted by Gasteiger charge is -2.05. The van der Waals surface area contributed by atoms with Gasteiger partial charge in [0.15, 0.2) is 0 Å². The molecular formula is C4H10BN2O2. The van der Waals surface area contributed by atoms with Crippen LogP contribution in [0.4, 0.5) is 0 Å². The Kier molecular flexibility index (Phi) is 7.06. The zero-order chi connectivity index (χ0) is 6.95. The minimum absolute atomic E-state index is 0. The van der Waals surface area contributed by atoms with Gasteiger partial charge in [-0.05, 0) is 6.20 Å². The van der Waals surface area contributed by atoms with Crippen LogP contribution in [0.15, 0.2) is 12.3 Å². The predicted octanol–water partition coefficient (Wildman–Crippen LogP) is -1.84. The van der Waals surface area contributed by atoms with Crippen LogP contribution in [-0.4, -0.2) is 30.9 Å². The summed E-state index contributed by atoms with van der Waals surface area (Å²) in [6, 6.07) is 0. The summed E-state index contributed by atoms with van der Waals surface area (Å²) in [6.07, 6.45) is 4.00. The van der Waals surface area contributed by atoms with Crippen molar-refractivity contribution in [2.75, 3.05) is 13.2 Å². The van der Waals surface area contributed by atoms with E-state index in [1.165, 1.54) is 0 Å². The van der Waals surface area contributed by atoms with Gasteiger partial charge in [0.1, 0.15) is 0 Å². The van der Waals surface area contributed by atoms with E-state index in [0.29, 0.717) is 0 Å². The smallest absolute Gasteiger partial charge is 0.429 e. The predicted molar refractivity (Wildman–Crippen MR) is 35.3 cm³/mol. The summed E-state index contributed by atoms with van der Waals surface area (Å²) < 4.78 is 0. The van der Waals surface area contributed by atoms with E-state index in [4.69, 9.17) is 10.0 Å². The summed E-state index contributed by atoms with van der Waals surface area (Å²) in [7, 11) is 0. The van der Waals surface area contributed by atoms with Crippen molar-refractivity contribution in [1.82, 2.24) is 10.6 Å². The van der Waals surface area contributed by atoms with E-state index in [-0.39, 0.29) is 7.69 Å². The average Bonchev–Trinajstić information content (AvgIpc) is 1.93. The van der Waals surface area contributed by atoms with Gasteiger partial charge in [0.2, 0.25) is 0 Å². The van der Waals surface area contributed by atoms with E-state index < -0.39 is 0 Å². The molecule has 0 spiro atoms. The van der Waals surface area contributed by atoms with Crippen molar-refractivity contribution >= 4 is 7.69 Å². The van der Waals surface area contributed by atoms with Crippen molar-refractivity contribution in [3.8, 4) is 0 Å². The summed E-state index contributed by atoms with van der Waals surface area (Å²) in [5.41, 5.74) is 0. The molecule has 0 amide bonds. The summed E-state index contributed by atoms with van der Waals surface area (Å²) in [5, 5.41) is 20.1. The lowest BCUT2D eigenvalue weighted by molar-refractivity contribution is 0.448. The van der Waals surface area contributed by atoms with Crippen LogP contribution in [0.25, 0.3) is 0 Å². The molecule has 1 aliphatic heterocycles. The van der Waals surface area contributed by atoms with Gasteiger partial charge in [-0.2, -0.15) is 0 Å². The van der Waals surface area contributed by atoms with Crippen molar-refractivity contribution in [1.29, 1.82) is 0 Å². The molecule has 1 rings (SSSR count). The van der Waals surface area contributed by atoms with Gasteiger partial charge in [-0.1, -0.05) is 6.08 Å². The lowest BCUT2D eigenvalue weighted by atomic mass is 10.5. The van der Waals surface area contributed by atoms with Gasteiger partial charge in [0, 0.05) is 6.54 Å². The second-order valence-electron chi connectivity index (χ2n) is 1.35. The number of hydrogen-bond acceptors (Lipinski definition) is 4. The topological polar surface area (TPSA) is 64.5 Å². The van der Waals surface area contributed by atoms with Crippen molar-refractivity contribution in [2.45, 2.75) is 0 Å². The fourth-order valence-electron chi connectivity index (χ4n) is 0.429. The monoisotopic (exact) mass is 129 g/mol. The largest absolute Gasteiger partial charge is 0.482 e. The van der Waals surface area contributed by atoms with Gasteiger partial charge in [-0.15, -0.1) is 0 Å². The lowest BCUT2D eigenvalue weighted by Crippen LogP contribution is -2.29. The van der Waals surface area contributed by atoms with Crippen LogP contribution in [0.2, 0.25) is 0 Å². The Labute approximate surface area is 54.9 Å². The molecular weight excluding hydrogens is 119 g/mol. The minimum atomic E-state index is 0. The Morgan fingerprint density at radius 1 is 1.44 bits per heavy atom. The van der Waals surface area contributed by atoms with Crippen molar-refractivity contribution in [3.05, 3.63) is 12.3 Å². The number of nitrogens with one attached hydrogen (secondary N) is 2. The standard InChI is InChI=1S/C4H8N2.BH2O2/c1-2-5-4-6-3-1;2-1-3/h1-2,5-6H,3-4H2;2-3H. The van der Waals surface area contributed by atoms with Gasteiger partial charge in [-0.3, -0.25) is 5.32 Å². The third kappa shape index (κ3) is 7.48. The van der Waals surface area contributed by atoms with Crippen LogP contribution in [-0.2, 0) is 0 Å². The first-order chi connectivity index (χ1) is 4.41. The van der Waals surface area contributed by atoms with Gasteiger partial charge < -0.3 is 15.4 Å². The van der Waals surface area contributed by atoms with Gasteiger partial charge in [0.25, 0.3) is 0 Å². The molecule has 1 radical (unpaired) electrons. The maximum Gasteiger partial charge on any atom is 0.482 e. The van der Waals surface area contributed by atoms with Crippen LogP contribution in [0.3, 0.4) is 0 Å². The summed E-state index contributed by atoms with van der Waals surface area (Å²) >= 11 is 0. The third-order valence-electron chi connectivity index (χ3n) is 0.725. The Balaban J connectivity index is 0.000000187. The normalized spacial score (nSPS) is 14.9. The third-order valence-corrected chi connectivity index (χ3v) is 0.725. The zero-order valence-corrected chi connectivity index (χ0v) is 5.04. The molecule has 0 bridgehead atoms. The molecule has 0 aliphatic carbocycles. The first-order valence-corrected chi connectivity index (χ1v) is 2.61. The first-order valence-electron chi connectivity index (χ1n) is 2.61. The SMILES string of the molecule is C1=CNCNC1.O[B]O. The average molecular weight is 129 g/mol. The van der Waals surface area contributed by atoms with Gasteiger partial charge >= 0.3 is 7.69 Å². The molecule has 1 heterocycles. The van der Waals surface area contributed by atoms with Crippen molar-refractivity contribution in [3.63, 3.8) is 0 Å². The highest BCUT2D eigenvalue weighted by molar-refractivity contribution is 6.13. The first kappa shape index (κ1) is 8.48. The Morgan fingerprint density at radius 3 is 2.22 bits per heavy atom. The molecule has 5 heteroatoms. The van der Waals surface area contributed by atoms with Gasteiger partial charge in [0.05, 0.1) is 6.67 Å². The minimum Gasteiger partial charge on any atom is -0.429 e. The van der Waals surface area contributed by atoms with E-state index >= 15 is 0 Å². The maximum atomic E-state index is 7.00. The second-order valence-corrected chi connectivity index (χ2v) is 1.35. The highest BCUT2D eigenvalue weighted by Crippen LogP contribution is 1.68. The van der Waals surface area contributed by atoms with E-state index in [1.807, 2.05) is 12.3 Å². The molecule has 0 saturated heterocycles. The molecule has 51 valence electrons. The molecule has 0 unspecified atom stereocenters. The summed E-state index contributed by atoms with van der Waals surface area (Å²) in [4.78, 5) is 0. The Bertz CT molecular complexity index is 71.0. The summed E-state index contributed by atoms with van der Waals surface area (Å²) in [6.45, 7) is 1.92.